The van der Waals surface area contributed by atoms with Gasteiger partial charge in [0.15, 0.2) is 6.61 Å². The molecule has 1 aromatic carbocycles. The number of carbonyl (C=O) groups excluding carboxylic acids is 1. The predicted octanol–water partition coefficient (Wildman–Crippen LogP) is 2.34. The summed E-state index contributed by atoms with van der Waals surface area (Å²) >= 11 is 6.06. The molecule has 1 aromatic heterocycles. The van der Waals surface area contributed by atoms with Crippen LogP contribution in [0.2, 0.25) is 5.02 Å². The Bertz CT molecular complexity index is 672. The van der Waals surface area contributed by atoms with Gasteiger partial charge in [0, 0.05) is 18.8 Å². The number of para-hydroxylation sites is 1. The Balaban J connectivity index is 2.00. The lowest BCUT2D eigenvalue weighted by Gasteiger charge is -2.24. The minimum atomic E-state index is -0.0980. The van der Waals surface area contributed by atoms with Crippen LogP contribution in [-0.2, 0) is 11.3 Å². The number of imidazole rings is 1. The van der Waals surface area contributed by atoms with Crippen LogP contribution in [-0.4, -0.2) is 59.5 Å². The molecule has 0 aliphatic heterocycles. The second-order valence-electron chi connectivity index (χ2n) is 5.81. The number of hydrogen-bond acceptors (Lipinski definition) is 4. The molecule has 0 saturated heterocycles. The number of amides is 1. The molecule has 130 valence electrons. The van der Waals surface area contributed by atoms with E-state index in [4.69, 9.17) is 16.3 Å². The molecule has 1 N–H and O–H groups in total. The highest BCUT2D eigenvalue weighted by Gasteiger charge is 2.17. The van der Waals surface area contributed by atoms with Crippen LogP contribution in [0.4, 0.5) is 0 Å². The summed E-state index contributed by atoms with van der Waals surface area (Å²) in [5.41, 5.74) is 1.82. The van der Waals surface area contributed by atoms with E-state index in [1.165, 1.54) is 0 Å². The van der Waals surface area contributed by atoms with E-state index in [1.54, 1.807) is 23.4 Å². The first kappa shape index (κ1) is 18.3. The molecule has 0 radical (unpaired) electrons. The number of likely N-dealkylation sites (N-methyl/N-ethyl adjacent to an activating group) is 1. The predicted molar refractivity (Wildman–Crippen MR) is 94.2 cm³/mol. The highest BCUT2D eigenvalue weighted by atomic mass is 35.5. The van der Waals surface area contributed by atoms with Crippen LogP contribution in [0.5, 0.6) is 5.75 Å². The third kappa shape index (κ3) is 5.25. The molecule has 0 unspecified atom stereocenters. The molecule has 0 bridgehead atoms. The summed E-state index contributed by atoms with van der Waals surface area (Å²) in [6.07, 6.45) is 1.64. The zero-order valence-electron chi connectivity index (χ0n) is 14.3. The smallest absolute Gasteiger partial charge is 0.260 e. The molecular weight excluding hydrogens is 328 g/mol. The summed E-state index contributed by atoms with van der Waals surface area (Å²) in [4.78, 5) is 23.7. The number of benzene rings is 1. The zero-order chi connectivity index (χ0) is 17.5. The van der Waals surface area contributed by atoms with Crippen LogP contribution in [0.3, 0.4) is 0 Å². The lowest BCUT2D eigenvalue weighted by molar-refractivity contribution is -0.134. The van der Waals surface area contributed by atoms with Gasteiger partial charge < -0.3 is 19.5 Å². The zero-order valence-corrected chi connectivity index (χ0v) is 15.0. The van der Waals surface area contributed by atoms with Gasteiger partial charge in [-0.25, -0.2) is 4.98 Å². The second-order valence-corrected chi connectivity index (χ2v) is 6.22. The van der Waals surface area contributed by atoms with Gasteiger partial charge in [0.1, 0.15) is 5.75 Å². The maximum absolute atomic E-state index is 12.6. The van der Waals surface area contributed by atoms with Gasteiger partial charge in [0.2, 0.25) is 0 Å². The summed E-state index contributed by atoms with van der Waals surface area (Å²) in [5, 5.41) is 0.494. The van der Waals surface area contributed by atoms with Crippen LogP contribution in [0.25, 0.3) is 0 Å². The largest absolute Gasteiger partial charge is 0.482 e. The average Bonchev–Trinajstić information content (AvgIpc) is 2.95. The van der Waals surface area contributed by atoms with Gasteiger partial charge in [-0.05, 0) is 33.2 Å². The fraction of sp³-hybridized carbons (Fsp3) is 0.412. The average molecular weight is 351 g/mol. The lowest BCUT2D eigenvalue weighted by Crippen LogP contribution is -2.39. The number of aryl methyl sites for hydroxylation is 1. The third-order valence-corrected chi connectivity index (χ3v) is 3.94. The summed E-state index contributed by atoms with van der Waals surface area (Å²) in [5.74, 6) is 0.412. The highest BCUT2D eigenvalue weighted by Crippen LogP contribution is 2.23. The molecule has 2 aromatic rings. The van der Waals surface area contributed by atoms with E-state index < -0.39 is 0 Å². The van der Waals surface area contributed by atoms with Gasteiger partial charge in [0.05, 0.1) is 23.6 Å². The standard InChI is InChI=1S/C17H23ClN4O2/c1-13-15(20-12-19-13)10-22(9-8-21(2)3)17(23)11-24-16-7-5-4-6-14(16)18/h4-7,12H,8-11H2,1-3H3,(H,19,20). The van der Waals surface area contributed by atoms with E-state index in [2.05, 4.69) is 9.97 Å². The first-order valence-electron chi connectivity index (χ1n) is 7.76. The topological polar surface area (TPSA) is 61.5 Å². The number of nitrogens with zero attached hydrogens (tertiary/aromatic N) is 3. The molecule has 24 heavy (non-hydrogen) atoms. The fourth-order valence-corrected chi connectivity index (χ4v) is 2.32. The Morgan fingerprint density at radius 3 is 2.67 bits per heavy atom. The molecule has 0 aliphatic carbocycles. The van der Waals surface area contributed by atoms with Crippen LogP contribution >= 0.6 is 11.6 Å². The Morgan fingerprint density at radius 1 is 1.29 bits per heavy atom. The van der Waals surface area contributed by atoms with E-state index in [0.29, 0.717) is 23.9 Å². The number of halogens is 1. The molecule has 7 heteroatoms. The third-order valence-electron chi connectivity index (χ3n) is 3.63. The maximum Gasteiger partial charge on any atom is 0.260 e. The second kappa shape index (κ2) is 8.70. The Labute approximate surface area is 147 Å². The first-order chi connectivity index (χ1) is 11.5. The number of hydrogen-bond donors (Lipinski definition) is 1. The molecule has 6 nitrogen and oxygen atoms in total. The van der Waals surface area contributed by atoms with Crippen LogP contribution in [0.1, 0.15) is 11.4 Å². The Kier molecular flexibility index (Phi) is 6.63. The van der Waals surface area contributed by atoms with Gasteiger partial charge in [-0.1, -0.05) is 23.7 Å². The normalized spacial score (nSPS) is 10.9. The van der Waals surface area contributed by atoms with Gasteiger partial charge in [-0.3, -0.25) is 4.79 Å². The van der Waals surface area contributed by atoms with Gasteiger partial charge in [-0.2, -0.15) is 0 Å². The molecule has 0 spiro atoms. The summed E-state index contributed by atoms with van der Waals surface area (Å²) < 4.78 is 5.57. The summed E-state index contributed by atoms with van der Waals surface area (Å²) in [6, 6.07) is 7.12. The van der Waals surface area contributed by atoms with Crippen molar-refractivity contribution in [3.05, 3.63) is 47.0 Å². The van der Waals surface area contributed by atoms with Gasteiger partial charge in [0.25, 0.3) is 5.91 Å². The van der Waals surface area contributed by atoms with Crippen LogP contribution in [0, 0.1) is 6.92 Å². The highest BCUT2D eigenvalue weighted by molar-refractivity contribution is 6.32. The van der Waals surface area contributed by atoms with Crippen molar-refractivity contribution < 1.29 is 9.53 Å². The molecule has 1 amide bonds. The summed E-state index contributed by atoms with van der Waals surface area (Å²) in [7, 11) is 3.95. The van der Waals surface area contributed by atoms with Gasteiger partial charge in [-0.15, -0.1) is 0 Å². The number of nitrogens with one attached hydrogen (secondary N) is 1. The molecular formula is C17H23ClN4O2. The molecule has 0 fully saturated rings. The van der Waals surface area contributed by atoms with Crippen LogP contribution < -0.4 is 4.74 Å². The SMILES string of the molecule is Cc1[nH]cnc1CN(CCN(C)C)C(=O)COc1ccccc1Cl. The van der Waals surface area contributed by atoms with E-state index >= 15 is 0 Å². The lowest BCUT2D eigenvalue weighted by atomic mass is 10.3. The fourth-order valence-electron chi connectivity index (χ4n) is 2.13. The molecule has 0 saturated carbocycles. The Hall–Kier alpha value is -2.05. The van der Waals surface area contributed by atoms with Crippen molar-refractivity contribution in [1.29, 1.82) is 0 Å². The molecule has 0 atom stereocenters. The maximum atomic E-state index is 12.6. The molecule has 0 aliphatic rings. The summed E-state index contributed by atoms with van der Waals surface area (Å²) in [6.45, 7) is 3.71. The van der Waals surface area contributed by atoms with Crippen LogP contribution in [0.15, 0.2) is 30.6 Å². The van der Waals surface area contributed by atoms with Crippen molar-refractivity contribution >= 4 is 17.5 Å². The van der Waals surface area contributed by atoms with Crippen molar-refractivity contribution in [2.24, 2.45) is 0 Å². The van der Waals surface area contributed by atoms with E-state index in [9.17, 15) is 4.79 Å². The van der Waals surface area contributed by atoms with Crippen molar-refractivity contribution in [3.63, 3.8) is 0 Å². The monoisotopic (exact) mass is 350 g/mol. The number of carbonyl (C=O) groups is 1. The van der Waals surface area contributed by atoms with E-state index in [-0.39, 0.29) is 12.5 Å². The first-order valence-corrected chi connectivity index (χ1v) is 8.14. The van der Waals surface area contributed by atoms with Crippen molar-refractivity contribution in [2.75, 3.05) is 33.8 Å². The van der Waals surface area contributed by atoms with Crippen molar-refractivity contribution in [3.8, 4) is 5.75 Å². The number of ether oxygens (including phenoxy) is 1. The Morgan fingerprint density at radius 2 is 2.04 bits per heavy atom. The van der Waals surface area contributed by atoms with Crippen molar-refractivity contribution in [1.82, 2.24) is 19.8 Å². The van der Waals surface area contributed by atoms with E-state index in [1.807, 2.05) is 38.1 Å². The minimum absolute atomic E-state index is 0.0549. The molecule has 1 heterocycles. The number of aromatic amines is 1. The van der Waals surface area contributed by atoms with E-state index in [0.717, 1.165) is 17.9 Å². The quantitative estimate of drug-likeness (QED) is 0.793. The van der Waals surface area contributed by atoms with Crippen molar-refractivity contribution in [2.45, 2.75) is 13.5 Å². The molecule has 2 rings (SSSR count). The number of aromatic nitrogens is 2. The minimum Gasteiger partial charge on any atom is -0.482 e. The number of H-pyrrole nitrogens is 1. The number of rotatable bonds is 8. The van der Waals surface area contributed by atoms with Gasteiger partial charge >= 0.3 is 0 Å².